The van der Waals surface area contributed by atoms with E-state index in [1.54, 1.807) is 7.11 Å². The molecule has 1 aliphatic heterocycles. The zero-order valence-electron chi connectivity index (χ0n) is 13.4. The quantitative estimate of drug-likeness (QED) is 0.909. The summed E-state index contributed by atoms with van der Waals surface area (Å²) in [6.45, 7) is 5.51. The van der Waals surface area contributed by atoms with Crippen LogP contribution in [-0.4, -0.2) is 19.3 Å². The van der Waals surface area contributed by atoms with Crippen LogP contribution in [0.2, 0.25) is 0 Å². The first-order valence-corrected chi connectivity index (χ1v) is 8.26. The van der Waals surface area contributed by atoms with Crippen LogP contribution in [0, 0.1) is 5.92 Å². The second-order valence-electron chi connectivity index (χ2n) is 6.69. The van der Waals surface area contributed by atoms with Crippen molar-refractivity contribution in [1.82, 2.24) is 5.32 Å². The van der Waals surface area contributed by atoms with Gasteiger partial charge in [0.25, 0.3) is 0 Å². The zero-order chi connectivity index (χ0) is 14.9. The molecule has 1 aliphatic carbocycles. The van der Waals surface area contributed by atoms with Crippen LogP contribution in [0.5, 0.6) is 11.5 Å². The lowest BCUT2D eigenvalue weighted by Crippen LogP contribution is -2.46. The van der Waals surface area contributed by atoms with Gasteiger partial charge in [0.15, 0.2) is 0 Å². The molecule has 0 aromatic heterocycles. The molecule has 21 heavy (non-hydrogen) atoms. The highest BCUT2D eigenvalue weighted by Crippen LogP contribution is 2.47. The number of fused-ring (bicyclic) bond motifs is 1. The second kappa shape index (κ2) is 5.88. The fourth-order valence-electron chi connectivity index (χ4n) is 3.80. The van der Waals surface area contributed by atoms with Gasteiger partial charge in [0.2, 0.25) is 0 Å². The highest BCUT2D eigenvalue weighted by atomic mass is 16.5. The minimum absolute atomic E-state index is 0.0426. The highest BCUT2D eigenvalue weighted by Gasteiger charge is 2.42. The number of ether oxygens (including phenoxy) is 2. The Morgan fingerprint density at radius 1 is 1.33 bits per heavy atom. The Bertz CT molecular complexity index is 492. The third-order valence-corrected chi connectivity index (χ3v) is 5.13. The van der Waals surface area contributed by atoms with E-state index in [1.807, 2.05) is 6.07 Å². The van der Waals surface area contributed by atoms with Gasteiger partial charge >= 0.3 is 0 Å². The van der Waals surface area contributed by atoms with E-state index in [4.69, 9.17) is 9.47 Å². The maximum atomic E-state index is 6.49. The van der Waals surface area contributed by atoms with Gasteiger partial charge in [0, 0.05) is 18.0 Å². The Morgan fingerprint density at radius 3 is 2.76 bits per heavy atom. The molecule has 0 saturated heterocycles. The predicted molar refractivity (Wildman–Crippen MR) is 85.0 cm³/mol. The van der Waals surface area contributed by atoms with Gasteiger partial charge in [-0.2, -0.15) is 0 Å². The van der Waals surface area contributed by atoms with E-state index >= 15 is 0 Å². The highest BCUT2D eigenvalue weighted by molar-refractivity contribution is 5.44. The van der Waals surface area contributed by atoms with Gasteiger partial charge in [-0.25, -0.2) is 0 Å². The molecular weight excluding hydrogens is 262 g/mol. The first kappa shape index (κ1) is 14.7. The Hall–Kier alpha value is -1.22. The topological polar surface area (TPSA) is 30.5 Å². The minimum atomic E-state index is 0.0426. The largest absolute Gasteiger partial charge is 0.497 e. The summed E-state index contributed by atoms with van der Waals surface area (Å²) in [5.74, 6) is 2.80. The zero-order valence-corrected chi connectivity index (χ0v) is 13.4. The van der Waals surface area contributed by atoms with Crippen molar-refractivity contribution in [3.05, 3.63) is 23.8 Å². The van der Waals surface area contributed by atoms with E-state index in [2.05, 4.69) is 31.3 Å². The normalized spacial score (nSPS) is 31.6. The molecule has 1 N–H and O–H groups in total. The molecule has 0 amide bonds. The number of methoxy groups -OCH3 is 1. The molecule has 3 heteroatoms. The summed E-state index contributed by atoms with van der Waals surface area (Å²) in [5.41, 5.74) is 1.29. The van der Waals surface area contributed by atoms with E-state index < -0.39 is 0 Å². The lowest BCUT2D eigenvalue weighted by Gasteiger charge is -2.46. The Labute approximate surface area is 128 Å². The third-order valence-electron chi connectivity index (χ3n) is 5.13. The summed E-state index contributed by atoms with van der Waals surface area (Å²) < 4.78 is 11.9. The van der Waals surface area contributed by atoms with Crippen molar-refractivity contribution in [3.63, 3.8) is 0 Å². The molecule has 1 fully saturated rings. The molecule has 2 aliphatic rings. The molecule has 1 saturated carbocycles. The van der Waals surface area contributed by atoms with E-state index in [0.29, 0.717) is 6.04 Å². The minimum Gasteiger partial charge on any atom is -0.497 e. The second-order valence-corrected chi connectivity index (χ2v) is 6.69. The first-order chi connectivity index (χ1) is 10.2. The Kier molecular flexibility index (Phi) is 4.12. The lowest BCUT2D eigenvalue weighted by atomic mass is 9.74. The molecule has 116 valence electrons. The van der Waals surface area contributed by atoms with E-state index in [9.17, 15) is 0 Å². The van der Waals surface area contributed by atoms with Crippen LogP contribution >= 0.6 is 0 Å². The van der Waals surface area contributed by atoms with Crippen LogP contribution < -0.4 is 14.8 Å². The Morgan fingerprint density at radius 2 is 2.10 bits per heavy atom. The molecule has 1 unspecified atom stereocenters. The van der Waals surface area contributed by atoms with Crippen LogP contribution in [-0.2, 0) is 0 Å². The lowest BCUT2D eigenvalue weighted by molar-refractivity contribution is -0.0126. The average Bonchev–Trinajstić information content (AvgIpc) is 2.50. The van der Waals surface area contributed by atoms with E-state index in [-0.39, 0.29) is 5.60 Å². The molecule has 1 aromatic rings. The van der Waals surface area contributed by atoms with Crippen LogP contribution in [0.4, 0.5) is 0 Å². The van der Waals surface area contributed by atoms with E-state index in [0.717, 1.165) is 30.4 Å². The summed E-state index contributed by atoms with van der Waals surface area (Å²) >= 11 is 0. The SMILES string of the molecule is CCNC1CC2(CCC(C)CC2)Oc2ccc(OC)cc21. The van der Waals surface area contributed by atoms with Crippen LogP contribution in [0.15, 0.2) is 18.2 Å². The van der Waals surface area contributed by atoms with Crippen LogP contribution in [0.25, 0.3) is 0 Å². The average molecular weight is 289 g/mol. The van der Waals surface area contributed by atoms with Gasteiger partial charge in [0.1, 0.15) is 17.1 Å². The number of rotatable bonds is 3. The summed E-state index contributed by atoms with van der Waals surface area (Å²) in [7, 11) is 1.72. The van der Waals surface area contributed by atoms with Crippen molar-refractivity contribution in [3.8, 4) is 11.5 Å². The molecule has 3 rings (SSSR count). The fourth-order valence-corrected chi connectivity index (χ4v) is 3.80. The predicted octanol–water partition coefficient (Wildman–Crippen LogP) is 4.08. The van der Waals surface area contributed by atoms with Crippen LogP contribution in [0.1, 0.15) is 57.6 Å². The van der Waals surface area contributed by atoms with Gasteiger partial charge in [0.05, 0.1) is 7.11 Å². The van der Waals surface area contributed by atoms with Crippen molar-refractivity contribution in [2.24, 2.45) is 5.92 Å². The van der Waals surface area contributed by atoms with Gasteiger partial charge in [-0.1, -0.05) is 13.8 Å². The summed E-state index contributed by atoms with van der Waals surface area (Å²) in [6.07, 6.45) is 6.01. The van der Waals surface area contributed by atoms with Crippen molar-refractivity contribution < 1.29 is 9.47 Å². The van der Waals surface area contributed by atoms with Gasteiger partial charge in [-0.05, 0) is 56.3 Å². The molecule has 1 spiro atoms. The number of hydrogen-bond acceptors (Lipinski definition) is 3. The monoisotopic (exact) mass is 289 g/mol. The first-order valence-electron chi connectivity index (χ1n) is 8.26. The fraction of sp³-hybridized carbons (Fsp3) is 0.667. The third kappa shape index (κ3) is 2.89. The van der Waals surface area contributed by atoms with Gasteiger partial charge < -0.3 is 14.8 Å². The number of hydrogen-bond donors (Lipinski definition) is 1. The molecule has 3 nitrogen and oxygen atoms in total. The number of nitrogens with one attached hydrogen (secondary N) is 1. The molecule has 0 bridgehead atoms. The van der Waals surface area contributed by atoms with Crippen molar-refractivity contribution >= 4 is 0 Å². The molecule has 0 radical (unpaired) electrons. The summed E-state index contributed by atoms with van der Waals surface area (Å²) in [4.78, 5) is 0. The number of benzene rings is 1. The van der Waals surface area contributed by atoms with Gasteiger partial charge in [-0.15, -0.1) is 0 Å². The van der Waals surface area contributed by atoms with Crippen molar-refractivity contribution in [1.29, 1.82) is 0 Å². The van der Waals surface area contributed by atoms with Crippen molar-refractivity contribution in [2.45, 2.75) is 57.6 Å². The smallest absolute Gasteiger partial charge is 0.125 e. The summed E-state index contributed by atoms with van der Waals surface area (Å²) in [5, 5.41) is 3.64. The summed E-state index contributed by atoms with van der Waals surface area (Å²) in [6, 6.07) is 6.59. The molecular formula is C18H27NO2. The maximum absolute atomic E-state index is 6.49. The van der Waals surface area contributed by atoms with Crippen molar-refractivity contribution in [2.75, 3.05) is 13.7 Å². The molecule has 1 aromatic carbocycles. The van der Waals surface area contributed by atoms with E-state index in [1.165, 1.54) is 31.2 Å². The maximum Gasteiger partial charge on any atom is 0.125 e. The molecule has 1 heterocycles. The van der Waals surface area contributed by atoms with Gasteiger partial charge in [-0.3, -0.25) is 0 Å². The standard InChI is InChI=1S/C18H27NO2/c1-4-19-16-12-18(9-7-13(2)8-10-18)21-17-6-5-14(20-3)11-15(16)17/h5-6,11,13,16,19H,4,7-10,12H2,1-3H3. The molecule has 1 atom stereocenters. The van der Waals surface area contributed by atoms with Crippen LogP contribution in [0.3, 0.4) is 0 Å². The Balaban J connectivity index is 1.90.